The first kappa shape index (κ1) is 16.2. The third-order valence-corrected chi connectivity index (χ3v) is 4.00. The largest absolute Gasteiger partial charge is 0.376 e. The Hall–Kier alpha value is -1.14. The van der Waals surface area contributed by atoms with Crippen LogP contribution in [0, 0.1) is 5.92 Å². The van der Waals surface area contributed by atoms with Crippen LogP contribution in [-0.2, 0) is 19.1 Å². The van der Waals surface area contributed by atoms with E-state index in [4.69, 9.17) is 9.47 Å². The van der Waals surface area contributed by atoms with Gasteiger partial charge in [0.2, 0.25) is 11.8 Å². The van der Waals surface area contributed by atoms with Gasteiger partial charge < -0.3 is 19.7 Å². The van der Waals surface area contributed by atoms with E-state index < -0.39 is 12.1 Å². The average molecular weight is 298 g/mol. The SMILES string of the molecule is CCCC1NC(=O)C(C(C)C)N(CC2COCCO2)C1=O. The molecular weight excluding hydrogens is 272 g/mol. The third kappa shape index (κ3) is 3.74. The molecular formula is C15H26N2O4. The maximum atomic E-state index is 12.7. The molecule has 6 heteroatoms. The van der Waals surface area contributed by atoms with Gasteiger partial charge in [-0.1, -0.05) is 27.2 Å². The minimum Gasteiger partial charge on any atom is -0.376 e. The van der Waals surface area contributed by atoms with E-state index in [1.807, 2.05) is 20.8 Å². The van der Waals surface area contributed by atoms with Crippen molar-refractivity contribution in [2.24, 2.45) is 5.92 Å². The molecule has 0 aromatic carbocycles. The molecule has 0 saturated carbocycles. The number of rotatable bonds is 5. The highest BCUT2D eigenvalue weighted by Gasteiger charge is 2.42. The van der Waals surface area contributed by atoms with Crippen molar-refractivity contribution in [1.29, 1.82) is 0 Å². The van der Waals surface area contributed by atoms with Crippen LogP contribution in [0.1, 0.15) is 33.6 Å². The zero-order valence-electron chi connectivity index (χ0n) is 13.1. The molecule has 2 aliphatic rings. The molecule has 2 rings (SSSR count). The van der Waals surface area contributed by atoms with E-state index in [1.54, 1.807) is 4.90 Å². The Morgan fingerprint density at radius 3 is 2.67 bits per heavy atom. The van der Waals surface area contributed by atoms with Crippen LogP contribution in [0.15, 0.2) is 0 Å². The summed E-state index contributed by atoms with van der Waals surface area (Å²) in [4.78, 5) is 26.7. The molecule has 0 aliphatic carbocycles. The first-order chi connectivity index (χ1) is 10.0. The summed E-state index contributed by atoms with van der Waals surface area (Å²) in [5.41, 5.74) is 0. The van der Waals surface area contributed by atoms with E-state index >= 15 is 0 Å². The van der Waals surface area contributed by atoms with Crippen molar-refractivity contribution in [3.05, 3.63) is 0 Å². The number of carbonyl (C=O) groups is 2. The molecule has 120 valence electrons. The zero-order valence-corrected chi connectivity index (χ0v) is 13.1. The molecule has 0 spiro atoms. The molecule has 0 aromatic rings. The summed E-state index contributed by atoms with van der Waals surface area (Å²) in [7, 11) is 0. The fraction of sp³-hybridized carbons (Fsp3) is 0.867. The molecule has 3 unspecified atom stereocenters. The quantitative estimate of drug-likeness (QED) is 0.805. The second-order valence-corrected chi connectivity index (χ2v) is 6.10. The fourth-order valence-corrected chi connectivity index (χ4v) is 3.01. The number of nitrogens with zero attached hydrogens (tertiary/aromatic N) is 1. The standard InChI is InChI=1S/C15H26N2O4/c1-4-5-12-15(19)17(8-11-9-20-6-7-21-11)13(10(2)3)14(18)16-12/h10-13H,4-9H2,1-3H3,(H,16,18). The van der Waals surface area contributed by atoms with E-state index in [0.29, 0.717) is 32.8 Å². The summed E-state index contributed by atoms with van der Waals surface area (Å²) in [6.07, 6.45) is 1.39. The number of carbonyl (C=O) groups excluding carboxylic acids is 2. The van der Waals surface area contributed by atoms with Crippen molar-refractivity contribution >= 4 is 11.8 Å². The average Bonchev–Trinajstić information content (AvgIpc) is 2.45. The van der Waals surface area contributed by atoms with Gasteiger partial charge in [-0.25, -0.2) is 0 Å². The second kappa shape index (κ2) is 7.22. The Kier molecular flexibility index (Phi) is 5.58. The van der Waals surface area contributed by atoms with Gasteiger partial charge in [-0.15, -0.1) is 0 Å². The van der Waals surface area contributed by atoms with Gasteiger partial charge in [0.1, 0.15) is 12.1 Å². The van der Waals surface area contributed by atoms with Gasteiger partial charge in [0.25, 0.3) is 0 Å². The van der Waals surface area contributed by atoms with E-state index in [0.717, 1.165) is 6.42 Å². The van der Waals surface area contributed by atoms with Crippen LogP contribution in [0.4, 0.5) is 0 Å². The van der Waals surface area contributed by atoms with Crippen molar-refractivity contribution in [2.75, 3.05) is 26.4 Å². The molecule has 21 heavy (non-hydrogen) atoms. The molecule has 2 aliphatic heterocycles. The maximum absolute atomic E-state index is 12.7. The molecule has 6 nitrogen and oxygen atoms in total. The molecule has 3 atom stereocenters. The van der Waals surface area contributed by atoms with E-state index in [2.05, 4.69) is 5.32 Å². The minimum atomic E-state index is -0.420. The number of hydrogen-bond acceptors (Lipinski definition) is 4. The van der Waals surface area contributed by atoms with Gasteiger partial charge in [-0.2, -0.15) is 0 Å². The van der Waals surface area contributed by atoms with Gasteiger partial charge in [0.05, 0.1) is 32.5 Å². The van der Waals surface area contributed by atoms with E-state index in [9.17, 15) is 9.59 Å². The first-order valence-electron chi connectivity index (χ1n) is 7.84. The van der Waals surface area contributed by atoms with E-state index in [1.165, 1.54) is 0 Å². The summed E-state index contributed by atoms with van der Waals surface area (Å²) in [6, 6.07) is -0.821. The van der Waals surface area contributed by atoms with Gasteiger partial charge in [-0.3, -0.25) is 9.59 Å². The van der Waals surface area contributed by atoms with Gasteiger partial charge in [-0.05, 0) is 12.3 Å². The third-order valence-electron chi connectivity index (χ3n) is 4.00. The molecule has 0 bridgehead atoms. The Morgan fingerprint density at radius 1 is 1.33 bits per heavy atom. The Morgan fingerprint density at radius 2 is 2.10 bits per heavy atom. The molecule has 2 fully saturated rings. The normalized spacial score (nSPS) is 30.7. The monoisotopic (exact) mass is 298 g/mol. The van der Waals surface area contributed by atoms with Crippen molar-refractivity contribution in [3.63, 3.8) is 0 Å². The number of amides is 2. The molecule has 2 saturated heterocycles. The predicted octanol–water partition coefficient (Wildman–Crippen LogP) is 0.554. The Labute approximate surface area is 126 Å². The van der Waals surface area contributed by atoms with Crippen LogP contribution in [-0.4, -0.2) is 61.3 Å². The second-order valence-electron chi connectivity index (χ2n) is 6.10. The Balaban J connectivity index is 2.12. The lowest BCUT2D eigenvalue weighted by molar-refractivity contribution is -0.157. The molecule has 0 radical (unpaired) electrons. The van der Waals surface area contributed by atoms with Crippen LogP contribution in [0.3, 0.4) is 0 Å². The molecule has 1 N–H and O–H groups in total. The smallest absolute Gasteiger partial charge is 0.245 e. The van der Waals surface area contributed by atoms with Crippen LogP contribution in [0.2, 0.25) is 0 Å². The van der Waals surface area contributed by atoms with Crippen molar-refractivity contribution in [2.45, 2.75) is 51.8 Å². The topological polar surface area (TPSA) is 67.9 Å². The molecule has 2 heterocycles. The van der Waals surface area contributed by atoms with Crippen LogP contribution in [0.5, 0.6) is 0 Å². The zero-order chi connectivity index (χ0) is 15.4. The maximum Gasteiger partial charge on any atom is 0.245 e. The van der Waals surface area contributed by atoms with Crippen LogP contribution >= 0.6 is 0 Å². The van der Waals surface area contributed by atoms with Crippen molar-refractivity contribution < 1.29 is 19.1 Å². The highest BCUT2D eigenvalue weighted by Crippen LogP contribution is 2.20. The van der Waals surface area contributed by atoms with Crippen molar-refractivity contribution in [3.8, 4) is 0 Å². The fourth-order valence-electron chi connectivity index (χ4n) is 3.01. The Bertz CT molecular complexity index is 380. The van der Waals surface area contributed by atoms with Gasteiger partial charge >= 0.3 is 0 Å². The summed E-state index contributed by atoms with van der Waals surface area (Å²) in [6.45, 7) is 7.98. The number of nitrogens with one attached hydrogen (secondary N) is 1. The number of piperazine rings is 1. The highest BCUT2D eigenvalue weighted by molar-refractivity contribution is 5.97. The van der Waals surface area contributed by atoms with Crippen LogP contribution < -0.4 is 5.32 Å². The predicted molar refractivity (Wildman–Crippen MR) is 77.7 cm³/mol. The summed E-state index contributed by atoms with van der Waals surface area (Å²) in [5, 5.41) is 2.86. The van der Waals surface area contributed by atoms with Crippen LogP contribution in [0.25, 0.3) is 0 Å². The lowest BCUT2D eigenvalue weighted by Gasteiger charge is -2.42. The first-order valence-corrected chi connectivity index (χ1v) is 7.84. The van der Waals surface area contributed by atoms with E-state index in [-0.39, 0.29) is 23.8 Å². The lowest BCUT2D eigenvalue weighted by Crippen LogP contribution is -2.66. The van der Waals surface area contributed by atoms with Crippen molar-refractivity contribution in [1.82, 2.24) is 10.2 Å². The summed E-state index contributed by atoms with van der Waals surface area (Å²) >= 11 is 0. The lowest BCUT2D eigenvalue weighted by atomic mass is 9.95. The number of hydrogen-bond donors (Lipinski definition) is 1. The molecule has 2 amide bonds. The summed E-state index contributed by atoms with van der Waals surface area (Å²) in [5.74, 6) is 0.0186. The minimum absolute atomic E-state index is 0.00400. The van der Waals surface area contributed by atoms with Gasteiger partial charge in [0, 0.05) is 0 Å². The highest BCUT2D eigenvalue weighted by atomic mass is 16.6. The summed E-state index contributed by atoms with van der Waals surface area (Å²) < 4.78 is 11.0. The number of ether oxygens (including phenoxy) is 2. The van der Waals surface area contributed by atoms with Gasteiger partial charge in [0.15, 0.2) is 0 Å². The molecule has 0 aromatic heterocycles.